The van der Waals surface area contributed by atoms with E-state index >= 15 is 0 Å². The fourth-order valence-electron chi connectivity index (χ4n) is 0.983. The topological polar surface area (TPSA) is 42.1 Å². The quantitative estimate of drug-likeness (QED) is 0.674. The zero-order valence-corrected chi connectivity index (χ0v) is 9.38. The molecule has 4 nitrogen and oxygen atoms in total. The first-order valence-electron chi connectivity index (χ1n) is 4.17. The third kappa shape index (κ3) is 2.26. The van der Waals surface area contributed by atoms with Gasteiger partial charge in [0.15, 0.2) is 0 Å². The van der Waals surface area contributed by atoms with Crippen LogP contribution in [0.5, 0.6) is 0 Å². The Morgan fingerprint density at radius 2 is 1.62 bits per heavy atom. The van der Waals surface area contributed by atoms with Gasteiger partial charge in [0.05, 0.1) is 0 Å². The van der Waals surface area contributed by atoms with Crippen LogP contribution in [-0.2, 0) is 10.0 Å². The molecule has 0 radical (unpaired) electrons. The zero-order valence-electron chi connectivity index (χ0n) is 8.56. The third-order valence-corrected chi connectivity index (χ3v) is 3.25. The van der Waals surface area contributed by atoms with Crippen LogP contribution in [-0.4, -0.2) is 32.0 Å². The second-order valence-electron chi connectivity index (χ2n) is 3.23. The van der Waals surface area contributed by atoms with Crippen molar-refractivity contribution in [2.75, 3.05) is 14.1 Å². The van der Waals surface area contributed by atoms with Crippen molar-refractivity contribution in [2.24, 2.45) is 0 Å². The van der Waals surface area contributed by atoms with E-state index in [1.807, 2.05) is 0 Å². The van der Waals surface area contributed by atoms with Crippen LogP contribution in [0.15, 0.2) is 24.5 Å². The molecule has 0 aliphatic heterocycles. The minimum absolute atomic E-state index is 0.139. The first-order valence-corrected chi connectivity index (χ1v) is 5.61. The predicted octanol–water partition coefficient (Wildman–Crippen LogP) is 0.218. The summed E-state index contributed by atoms with van der Waals surface area (Å²) in [6.07, 6.45) is 1.72. The highest BCUT2D eigenvalue weighted by molar-refractivity contribution is 7.90. The zero-order chi connectivity index (χ0) is 12.6. The van der Waals surface area contributed by atoms with Crippen LogP contribution in [0.4, 0.5) is 13.2 Å². The molecule has 0 spiro atoms. The highest BCUT2D eigenvalue weighted by Crippen LogP contribution is 2.24. The number of alkyl halides is 3. The van der Waals surface area contributed by atoms with Gasteiger partial charge in [0.1, 0.15) is 14.1 Å². The number of halogens is 3. The number of aromatic nitrogens is 1. The average molecular weight is 255 g/mol. The van der Waals surface area contributed by atoms with Gasteiger partial charge in [0.2, 0.25) is 5.36 Å². The van der Waals surface area contributed by atoms with Gasteiger partial charge in [-0.1, -0.05) is 0 Å². The summed E-state index contributed by atoms with van der Waals surface area (Å²) in [5, 5.41) is 0.605. The lowest BCUT2D eigenvalue weighted by atomic mass is 10.5. The molecule has 1 aromatic heterocycles. The second-order valence-corrected chi connectivity index (χ2v) is 5.07. The highest BCUT2D eigenvalue weighted by Gasteiger charge is 2.46. The van der Waals surface area contributed by atoms with Crippen LogP contribution >= 0.6 is 0 Å². The Balaban J connectivity index is 3.35. The molecule has 0 fully saturated rings. The first-order chi connectivity index (χ1) is 7.16. The number of nitrogens with zero attached hydrogens (tertiary/aromatic N) is 2. The third-order valence-electron chi connectivity index (χ3n) is 1.87. The Labute approximate surface area is 90.3 Å². The lowest BCUT2D eigenvalue weighted by Gasteiger charge is -2.09. The van der Waals surface area contributed by atoms with Crippen molar-refractivity contribution >= 4 is 10.0 Å². The van der Waals surface area contributed by atoms with Gasteiger partial charge >= 0.3 is 15.5 Å². The summed E-state index contributed by atoms with van der Waals surface area (Å²) in [6.45, 7) is 0. The number of rotatable bonds is 1. The van der Waals surface area contributed by atoms with Gasteiger partial charge in [-0.3, -0.25) is 0 Å². The molecule has 90 valence electrons. The van der Waals surface area contributed by atoms with Crippen molar-refractivity contribution in [2.45, 2.75) is 5.51 Å². The van der Waals surface area contributed by atoms with Crippen molar-refractivity contribution in [3.63, 3.8) is 0 Å². The van der Waals surface area contributed by atoms with Gasteiger partial charge in [0.25, 0.3) is 0 Å². The second kappa shape index (κ2) is 3.93. The lowest BCUT2D eigenvalue weighted by Crippen LogP contribution is -2.31. The molecule has 0 unspecified atom stereocenters. The SMILES string of the molecule is C[N+](C)=c1ccn(S(=O)(=O)C(F)(F)F)cc1. The molecule has 1 rings (SSSR count). The van der Waals surface area contributed by atoms with E-state index in [9.17, 15) is 21.6 Å². The fraction of sp³-hybridized carbons (Fsp3) is 0.375. The molecule has 0 saturated carbocycles. The molecule has 0 bridgehead atoms. The van der Waals surface area contributed by atoms with E-state index < -0.39 is 15.5 Å². The van der Waals surface area contributed by atoms with Crippen molar-refractivity contribution in [1.82, 2.24) is 8.55 Å². The summed E-state index contributed by atoms with van der Waals surface area (Å²) in [5.74, 6) is 0. The molecule has 0 aromatic carbocycles. The maximum absolute atomic E-state index is 12.2. The lowest BCUT2D eigenvalue weighted by molar-refractivity contribution is -0.0446. The maximum Gasteiger partial charge on any atom is 0.517 e. The molecule has 8 heteroatoms. The van der Waals surface area contributed by atoms with Crippen molar-refractivity contribution in [3.05, 3.63) is 29.9 Å². The van der Waals surface area contributed by atoms with Gasteiger partial charge < -0.3 is 0 Å². The van der Waals surface area contributed by atoms with Gasteiger partial charge in [-0.2, -0.15) is 21.6 Å². The summed E-state index contributed by atoms with van der Waals surface area (Å²) >= 11 is 0. The molecular formula is C8H10F3N2O2S+. The summed E-state index contributed by atoms with van der Waals surface area (Å²) in [5.41, 5.74) is -5.29. The van der Waals surface area contributed by atoms with E-state index in [0.717, 1.165) is 12.4 Å². The number of hydrogen-bond acceptors (Lipinski definition) is 2. The minimum Gasteiger partial charge on any atom is -0.245 e. The van der Waals surface area contributed by atoms with Crippen LogP contribution < -0.4 is 9.93 Å². The van der Waals surface area contributed by atoms with E-state index in [0.29, 0.717) is 5.36 Å². The van der Waals surface area contributed by atoms with E-state index in [4.69, 9.17) is 0 Å². The van der Waals surface area contributed by atoms with E-state index in [-0.39, 0.29) is 3.97 Å². The monoisotopic (exact) mass is 255 g/mol. The molecule has 0 atom stereocenters. The standard InChI is InChI=1S/C8H10F3N2O2S/c1-12(2)7-3-5-13(6-4-7)16(14,15)8(9,10)11/h3-6H,1-2H3/q+1. The van der Waals surface area contributed by atoms with E-state index in [1.165, 1.54) is 12.1 Å². The maximum atomic E-state index is 12.2. The van der Waals surface area contributed by atoms with Gasteiger partial charge in [-0.05, 0) is 0 Å². The summed E-state index contributed by atoms with van der Waals surface area (Å²) < 4.78 is 60.2. The smallest absolute Gasteiger partial charge is 0.245 e. The predicted molar refractivity (Wildman–Crippen MR) is 51.9 cm³/mol. The van der Waals surface area contributed by atoms with Gasteiger partial charge in [0, 0.05) is 24.5 Å². The van der Waals surface area contributed by atoms with Crippen LogP contribution in [0.3, 0.4) is 0 Å². The Morgan fingerprint density at radius 3 is 1.94 bits per heavy atom. The largest absolute Gasteiger partial charge is 0.517 e. The Bertz CT molecular complexity index is 533. The summed E-state index contributed by atoms with van der Waals surface area (Å²) in [7, 11) is -1.94. The molecular weight excluding hydrogens is 245 g/mol. The molecule has 16 heavy (non-hydrogen) atoms. The summed E-state index contributed by atoms with van der Waals surface area (Å²) in [6, 6.07) is 2.56. The summed E-state index contributed by atoms with van der Waals surface area (Å²) in [4.78, 5) is 0. The average Bonchev–Trinajstić information content (AvgIpc) is 2.16. The van der Waals surface area contributed by atoms with Crippen LogP contribution in [0.25, 0.3) is 0 Å². The molecule has 0 aliphatic rings. The van der Waals surface area contributed by atoms with Crippen molar-refractivity contribution < 1.29 is 21.6 Å². The molecule has 0 amide bonds. The first kappa shape index (κ1) is 12.8. The van der Waals surface area contributed by atoms with Crippen molar-refractivity contribution in [1.29, 1.82) is 0 Å². The Hall–Kier alpha value is -1.31. The normalized spacial score (nSPS) is 12.6. The van der Waals surface area contributed by atoms with Crippen LogP contribution in [0.1, 0.15) is 0 Å². The van der Waals surface area contributed by atoms with Crippen LogP contribution in [0, 0.1) is 0 Å². The highest BCUT2D eigenvalue weighted by atomic mass is 32.2. The van der Waals surface area contributed by atoms with Crippen LogP contribution in [0.2, 0.25) is 0 Å². The van der Waals surface area contributed by atoms with E-state index in [2.05, 4.69) is 0 Å². The molecule has 0 aliphatic carbocycles. The molecule has 0 saturated heterocycles. The fourth-order valence-corrected chi connectivity index (χ4v) is 1.66. The number of hydrogen-bond donors (Lipinski definition) is 0. The molecule has 0 N–H and O–H groups in total. The van der Waals surface area contributed by atoms with E-state index in [1.54, 1.807) is 18.7 Å². The van der Waals surface area contributed by atoms with Crippen molar-refractivity contribution in [3.8, 4) is 0 Å². The number of pyridine rings is 1. The Morgan fingerprint density at radius 1 is 1.19 bits per heavy atom. The Kier molecular flexibility index (Phi) is 3.13. The molecule has 1 aromatic rings. The van der Waals surface area contributed by atoms with Gasteiger partial charge in [-0.15, -0.1) is 0 Å². The molecule has 1 heterocycles. The van der Waals surface area contributed by atoms with Gasteiger partial charge in [-0.25, -0.2) is 8.55 Å². The minimum atomic E-state index is -5.32.